The number of ether oxygens (including phenoxy) is 1. The molecule has 2 N–H and O–H groups in total. The van der Waals surface area contributed by atoms with E-state index in [0.717, 1.165) is 51.6 Å². The summed E-state index contributed by atoms with van der Waals surface area (Å²) in [6.07, 6.45) is 8.13. The Balaban J connectivity index is 1.45. The Morgan fingerprint density at radius 2 is 2.08 bits per heavy atom. The molecule has 6 nitrogen and oxygen atoms in total. The molecule has 1 saturated carbocycles. The normalized spacial score (nSPS) is 27.9. The van der Waals surface area contributed by atoms with Gasteiger partial charge >= 0.3 is 0 Å². The fourth-order valence-corrected chi connectivity index (χ4v) is 4.36. The van der Waals surface area contributed by atoms with Gasteiger partial charge in [-0.1, -0.05) is 19.3 Å². The van der Waals surface area contributed by atoms with E-state index in [1.54, 1.807) is 0 Å². The Hall–Kier alpha value is -1.30. The van der Waals surface area contributed by atoms with E-state index in [2.05, 4.69) is 22.5 Å². The molecule has 1 amide bonds. The summed E-state index contributed by atoms with van der Waals surface area (Å²) in [6, 6.07) is 0. The van der Waals surface area contributed by atoms with Gasteiger partial charge in [0, 0.05) is 44.1 Å². The molecule has 6 heteroatoms. The predicted octanol–water partition coefficient (Wildman–Crippen LogP) is 1.76. The molecule has 1 atom stereocenters. The van der Waals surface area contributed by atoms with Gasteiger partial charge in [-0.3, -0.25) is 9.79 Å². The van der Waals surface area contributed by atoms with Crippen LogP contribution in [0.1, 0.15) is 51.9 Å². The fourth-order valence-electron chi connectivity index (χ4n) is 4.36. The van der Waals surface area contributed by atoms with Crippen LogP contribution in [0.4, 0.5) is 0 Å². The minimum Gasteiger partial charge on any atom is -0.381 e. The molecule has 142 valence electrons. The fraction of sp³-hybridized carbons (Fsp3) is 0.895. The molecule has 2 aliphatic heterocycles. The quantitative estimate of drug-likeness (QED) is 0.450. The first-order valence-electron chi connectivity index (χ1n) is 10.1. The van der Waals surface area contributed by atoms with Crippen molar-refractivity contribution >= 4 is 11.9 Å². The predicted molar refractivity (Wildman–Crippen MR) is 99.6 cm³/mol. The summed E-state index contributed by atoms with van der Waals surface area (Å²) in [5.74, 6) is 1.44. The third-order valence-electron chi connectivity index (χ3n) is 5.91. The molecule has 0 aromatic rings. The van der Waals surface area contributed by atoms with E-state index >= 15 is 0 Å². The third-order valence-corrected chi connectivity index (χ3v) is 5.91. The molecule has 3 rings (SSSR count). The first-order chi connectivity index (χ1) is 12.2. The molecule has 0 radical (unpaired) electrons. The lowest BCUT2D eigenvalue weighted by Gasteiger charge is -2.25. The van der Waals surface area contributed by atoms with Crippen LogP contribution in [0.2, 0.25) is 0 Å². The van der Waals surface area contributed by atoms with Crippen molar-refractivity contribution in [3.05, 3.63) is 0 Å². The van der Waals surface area contributed by atoms with E-state index in [1.807, 2.05) is 0 Å². The second-order valence-corrected chi connectivity index (χ2v) is 7.84. The summed E-state index contributed by atoms with van der Waals surface area (Å²) in [7, 11) is 0. The maximum Gasteiger partial charge on any atom is 0.223 e. The first kappa shape index (κ1) is 18.5. The Bertz CT molecular complexity index is 468. The topological polar surface area (TPSA) is 66.0 Å². The number of likely N-dealkylation sites (tertiary alicyclic amines) is 1. The van der Waals surface area contributed by atoms with Gasteiger partial charge in [-0.25, -0.2) is 0 Å². The molecule has 1 aliphatic carbocycles. The Morgan fingerprint density at radius 3 is 2.80 bits per heavy atom. The van der Waals surface area contributed by atoms with Crippen LogP contribution in [-0.4, -0.2) is 62.7 Å². The zero-order chi connectivity index (χ0) is 17.5. The summed E-state index contributed by atoms with van der Waals surface area (Å²) in [5, 5.41) is 6.48. The minimum absolute atomic E-state index is 0.225. The smallest absolute Gasteiger partial charge is 0.223 e. The summed E-state index contributed by atoms with van der Waals surface area (Å²) >= 11 is 0. The highest BCUT2D eigenvalue weighted by atomic mass is 16.5. The van der Waals surface area contributed by atoms with Crippen molar-refractivity contribution in [2.24, 2.45) is 16.3 Å². The second kappa shape index (κ2) is 8.88. The molecule has 3 fully saturated rings. The van der Waals surface area contributed by atoms with Gasteiger partial charge in [0.15, 0.2) is 5.96 Å². The summed E-state index contributed by atoms with van der Waals surface area (Å²) in [6.45, 7) is 8.11. The maximum atomic E-state index is 12.2. The molecular formula is C19H34N4O2. The van der Waals surface area contributed by atoms with Gasteiger partial charge in [-0.05, 0) is 32.6 Å². The lowest BCUT2D eigenvalue weighted by Crippen LogP contribution is -2.42. The molecule has 0 aromatic carbocycles. The monoisotopic (exact) mass is 350 g/mol. The Morgan fingerprint density at radius 1 is 1.24 bits per heavy atom. The van der Waals surface area contributed by atoms with Crippen LogP contribution in [0.3, 0.4) is 0 Å². The highest BCUT2D eigenvalue weighted by Gasteiger charge is 2.42. The van der Waals surface area contributed by atoms with Crippen molar-refractivity contribution in [2.45, 2.75) is 51.9 Å². The number of aliphatic imine (C=N–C) groups is 1. The van der Waals surface area contributed by atoms with Gasteiger partial charge in [0.1, 0.15) is 0 Å². The molecule has 1 unspecified atom stereocenters. The zero-order valence-corrected chi connectivity index (χ0v) is 15.7. The lowest BCUT2D eigenvalue weighted by atomic mass is 9.87. The third kappa shape index (κ3) is 4.87. The van der Waals surface area contributed by atoms with Gasteiger partial charge in [-0.2, -0.15) is 0 Å². The van der Waals surface area contributed by atoms with Crippen molar-refractivity contribution in [3.8, 4) is 0 Å². The molecular weight excluding hydrogens is 316 g/mol. The summed E-state index contributed by atoms with van der Waals surface area (Å²) in [5.41, 5.74) is 0.339. The van der Waals surface area contributed by atoms with Crippen LogP contribution in [0, 0.1) is 11.3 Å². The van der Waals surface area contributed by atoms with E-state index < -0.39 is 0 Å². The summed E-state index contributed by atoms with van der Waals surface area (Å²) in [4.78, 5) is 19.3. The van der Waals surface area contributed by atoms with Crippen LogP contribution in [0.5, 0.6) is 0 Å². The number of nitrogens with zero attached hydrogens (tertiary/aromatic N) is 2. The van der Waals surface area contributed by atoms with Crippen LogP contribution in [0.25, 0.3) is 0 Å². The SMILES string of the molecule is CCNC(=NCCNC(=O)C1CCCCC1)N1CCC2(CCOC2)C1. The van der Waals surface area contributed by atoms with Gasteiger partial charge in [0.2, 0.25) is 5.91 Å². The number of hydrogen-bond donors (Lipinski definition) is 2. The zero-order valence-electron chi connectivity index (χ0n) is 15.7. The van der Waals surface area contributed by atoms with Crippen molar-refractivity contribution in [2.75, 3.05) is 45.9 Å². The molecule has 3 aliphatic rings. The standard InChI is InChI=1S/C19H34N4O2/c1-2-20-18(23-12-8-19(14-23)9-13-25-15-19)22-11-10-21-17(24)16-6-4-3-5-7-16/h16H,2-15H2,1H3,(H,20,22)(H,21,24). The largest absolute Gasteiger partial charge is 0.381 e. The highest BCUT2D eigenvalue weighted by Crippen LogP contribution is 2.38. The van der Waals surface area contributed by atoms with E-state index in [1.165, 1.54) is 32.1 Å². The average molecular weight is 351 g/mol. The second-order valence-electron chi connectivity index (χ2n) is 7.84. The Kier molecular flexibility index (Phi) is 6.57. The Labute approximate surface area is 151 Å². The van der Waals surface area contributed by atoms with Gasteiger partial charge in [-0.15, -0.1) is 0 Å². The average Bonchev–Trinajstić information content (AvgIpc) is 3.28. The van der Waals surface area contributed by atoms with E-state index in [4.69, 9.17) is 9.73 Å². The number of hydrogen-bond acceptors (Lipinski definition) is 3. The van der Waals surface area contributed by atoms with E-state index in [-0.39, 0.29) is 11.8 Å². The minimum atomic E-state index is 0.225. The van der Waals surface area contributed by atoms with Crippen molar-refractivity contribution in [3.63, 3.8) is 0 Å². The lowest BCUT2D eigenvalue weighted by molar-refractivity contribution is -0.125. The molecule has 2 heterocycles. The number of nitrogens with one attached hydrogen (secondary N) is 2. The number of carbonyl (C=O) groups is 1. The van der Waals surface area contributed by atoms with Crippen LogP contribution in [0.15, 0.2) is 4.99 Å². The van der Waals surface area contributed by atoms with E-state index in [9.17, 15) is 4.79 Å². The van der Waals surface area contributed by atoms with Crippen molar-refractivity contribution in [1.29, 1.82) is 0 Å². The molecule has 25 heavy (non-hydrogen) atoms. The maximum absolute atomic E-state index is 12.2. The van der Waals surface area contributed by atoms with Gasteiger partial charge in [0.25, 0.3) is 0 Å². The van der Waals surface area contributed by atoms with E-state index in [0.29, 0.717) is 18.5 Å². The van der Waals surface area contributed by atoms with Crippen molar-refractivity contribution in [1.82, 2.24) is 15.5 Å². The van der Waals surface area contributed by atoms with Crippen molar-refractivity contribution < 1.29 is 9.53 Å². The highest BCUT2D eigenvalue weighted by molar-refractivity contribution is 5.80. The molecule has 0 aromatic heterocycles. The molecule has 1 spiro atoms. The summed E-state index contributed by atoms with van der Waals surface area (Å²) < 4.78 is 5.62. The number of amides is 1. The van der Waals surface area contributed by atoms with Crippen LogP contribution < -0.4 is 10.6 Å². The number of guanidine groups is 1. The first-order valence-corrected chi connectivity index (χ1v) is 10.1. The van der Waals surface area contributed by atoms with Gasteiger partial charge < -0.3 is 20.3 Å². The van der Waals surface area contributed by atoms with Crippen LogP contribution in [-0.2, 0) is 9.53 Å². The molecule has 0 bridgehead atoms. The number of carbonyl (C=O) groups excluding carboxylic acids is 1. The van der Waals surface area contributed by atoms with Crippen LogP contribution >= 0.6 is 0 Å². The number of rotatable bonds is 5. The molecule has 2 saturated heterocycles. The van der Waals surface area contributed by atoms with Gasteiger partial charge in [0.05, 0.1) is 13.2 Å².